The minimum absolute atomic E-state index is 0.0119. The number of nitrogens with two attached hydrogens (primary N) is 2. The Balaban J connectivity index is 1.77. The normalized spacial score (nSPS) is 19.3. The molecule has 1 fully saturated rings. The van der Waals surface area contributed by atoms with Gasteiger partial charge in [-0.1, -0.05) is 19.1 Å². The van der Waals surface area contributed by atoms with E-state index in [2.05, 4.69) is 22.0 Å². The van der Waals surface area contributed by atoms with Crippen molar-refractivity contribution in [3.05, 3.63) is 23.8 Å². The van der Waals surface area contributed by atoms with Gasteiger partial charge in [-0.05, 0) is 55.6 Å². The summed E-state index contributed by atoms with van der Waals surface area (Å²) >= 11 is 0. The molecule has 194 valence electrons. The van der Waals surface area contributed by atoms with E-state index in [4.69, 9.17) is 16.6 Å². The van der Waals surface area contributed by atoms with Crippen LogP contribution >= 0.6 is 0 Å². The van der Waals surface area contributed by atoms with Gasteiger partial charge in [0.25, 0.3) is 0 Å². The fourth-order valence-corrected chi connectivity index (χ4v) is 6.16. The number of nitrogens with zero attached hydrogens (tertiary/aromatic N) is 2. The van der Waals surface area contributed by atoms with Gasteiger partial charge >= 0.3 is 5.97 Å². The number of fused-ring (bicyclic) bond motifs is 1. The number of aliphatic imine (C=N–C) groups is 1. The zero-order valence-electron chi connectivity index (χ0n) is 20.1. The SMILES string of the molecule is CC1CNc2c(cccc2S(=O)(=O)N[C@@H](CCCN=C(N)N)C(=O)N2CCC(CC(=O)O)CC2)C1. The van der Waals surface area contributed by atoms with Crippen LogP contribution in [0.5, 0.6) is 0 Å². The first-order chi connectivity index (χ1) is 16.6. The summed E-state index contributed by atoms with van der Waals surface area (Å²) in [5, 5.41) is 12.3. The van der Waals surface area contributed by atoms with Crippen molar-refractivity contribution in [1.82, 2.24) is 9.62 Å². The second kappa shape index (κ2) is 11.7. The van der Waals surface area contributed by atoms with Crippen LogP contribution < -0.4 is 21.5 Å². The molecule has 2 aliphatic heterocycles. The van der Waals surface area contributed by atoms with Gasteiger partial charge in [0.2, 0.25) is 15.9 Å². The molecule has 0 bridgehead atoms. The molecule has 1 aromatic carbocycles. The van der Waals surface area contributed by atoms with Crippen LogP contribution in [0.1, 0.15) is 44.6 Å². The van der Waals surface area contributed by atoms with Crippen LogP contribution in [0, 0.1) is 11.8 Å². The Labute approximate surface area is 206 Å². The summed E-state index contributed by atoms with van der Waals surface area (Å²) in [6, 6.07) is 4.19. The van der Waals surface area contributed by atoms with Gasteiger partial charge in [0, 0.05) is 32.6 Å². The average molecular weight is 509 g/mol. The van der Waals surface area contributed by atoms with Crippen LogP contribution in [-0.2, 0) is 26.0 Å². The fourth-order valence-electron chi connectivity index (χ4n) is 4.71. The third kappa shape index (κ3) is 7.31. The minimum atomic E-state index is -4.01. The van der Waals surface area contributed by atoms with Gasteiger partial charge in [-0.2, -0.15) is 4.72 Å². The summed E-state index contributed by atoms with van der Waals surface area (Å²) in [7, 11) is -4.01. The average Bonchev–Trinajstić information content (AvgIpc) is 2.80. The molecule has 35 heavy (non-hydrogen) atoms. The standard InChI is InChI=1S/C23H36N6O5S/c1-15-12-17-4-2-6-19(21(17)27-14-15)35(33,34)28-18(5-3-9-26-23(24)25)22(32)29-10-7-16(8-11-29)13-20(30)31/h2,4,6,15-16,18,27-28H,3,5,7-14H2,1H3,(H,30,31)(H4,24,25,26)/t15?,18-/m0/s1. The molecule has 2 aliphatic rings. The molecular weight excluding hydrogens is 472 g/mol. The maximum absolute atomic E-state index is 13.4. The van der Waals surface area contributed by atoms with Gasteiger partial charge in [-0.3, -0.25) is 14.6 Å². The highest BCUT2D eigenvalue weighted by Crippen LogP contribution is 2.31. The lowest BCUT2D eigenvalue weighted by molar-refractivity contribution is -0.139. The number of para-hydroxylation sites is 1. The number of hydrogen-bond acceptors (Lipinski definition) is 6. The lowest BCUT2D eigenvalue weighted by Gasteiger charge is -2.34. The van der Waals surface area contributed by atoms with Gasteiger partial charge in [0.05, 0.1) is 5.69 Å². The van der Waals surface area contributed by atoms with Crippen LogP contribution in [-0.4, -0.2) is 68.5 Å². The molecule has 12 heteroatoms. The number of amides is 1. The Bertz CT molecular complexity index is 1050. The first-order valence-corrected chi connectivity index (χ1v) is 13.5. The van der Waals surface area contributed by atoms with Crippen molar-refractivity contribution in [2.75, 3.05) is 31.5 Å². The van der Waals surface area contributed by atoms with E-state index in [1.54, 1.807) is 17.0 Å². The van der Waals surface area contributed by atoms with Crippen LogP contribution in [0.3, 0.4) is 0 Å². The van der Waals surface area contributed by atoms with E-state index in [9.17, 15) is 18.0 Å². The number of sulfonamides is 1. The largest absolute Gasteiger partial charge is 0.481 e. The summed E-state index contributed by atoms with van der Waals surface area (Å²) < 4.78 is 29.5. The Kier molecular flexibility index (Phi) is 8.95. The van der Waals surface area contributed by atoms with E-state index in [0.29, 0.717) is 50.5 Å². The molecule has 1 unspecified atom stereocenters. The van der Waals surface area contributed by atoms with Crippen molar-refractivity contribution < 1.29 is 23.1 Å². The second-order valence-electron chi connectivity index (χ2n) is 9.47. The Morgan fingerprint density at radius 3 is 2.66 bits per heavy atom. The number of guanidine groups is 1. The molecule has 2 heterocycles. The number of rotatable bonds is 10. The molecule has 0 spiro atoms. The zero-order valence-corrected chi connectivity index (χ0v) is 20.9. The second-order valence-corrected chi connectivity index (χ2v) is 11.2. The summed E-state index contributed by atoms with van der Waals surface area (Å²) in [6.45, 7) is 3.83. The summed E-state index contributed by atoms with van der Waals surface area (Å²) in [5.74, 6) is -0.835. The van der Waals surface area contributed by atoms with Crippen molar-refractivity contribution in [3.63, 3.8) is 0 Å². The van der Waals surface area contributed by atoms with Crippen LogP contribution in [0.2, 0.25) is 0 Å². The highest BCUT2D eigenvalue weighted by Gasteiger charge is 2.33. The first-order valence-electron chi connectivity index (χ1n) is 12.0. The van der Waals surface area contributed by atoms with Crippen LogP contribution in [0.15, 0.2) is 28.1 Å². The first kappa shape index (κ1) is 26.7. The van der Waals surface area contributed by atoms with Gasteiger partial charge in [-0.15, -0.1) is 0 Å². The number of anilines is 1. The number of carbonyl (C=O) groups excluding carboxylic acids is 1. The third-order valence-corrected chi connectivity index (χ3v) is 8.04. The lowest BCUT2D eigenvalue weighted by Crippen LogP contribution is -2.51. The summed E-state index contributed by atoms with van der Waals surface area (Å²) in [5.41, 5.74) is 12.3. The predicted octanol–water partition coefficient (Wildman–Crippen LogP) is 0.705. The van der Waals surface area contributed by atoms with Gasteiger partial charge in [0.1, 0.15) is 10.9 Å². The van der Waals surface area contributed by atoms with E-state index in [-0.39, 0.29) is 42.1 Å². The molecule has 0 aliphatic carbocycles. The molecule has 0 saturated carbocycles. The van der Waals surface area contributed by atoms with Gasteiger partial charge in [0.15, 0.2) is 5.96 Å². The smallest absolute Gasteiger partial charge is 0.303 e. The van der Waals surface area contributed by atoms with Gasteiger partial charge in [-0.25, -0.2) is 8.42 Å². The van der Waals surface area contributed by atoms with Crippen molar-refractivity contribution >= 4 is 33.5 Å². The Hall–Kier alpha value is -2.86. The fraction of sp³-hybridized carbons (Fsp3) is 0.609. The third-order valence-electron chi connectivity index (χ3n) is 6.53. The van der Waals surface area contributed by atoms with Crippen molar-refractivity contribution in [2.24, 2.45) is 28.3 Å². The molecule has 0 radical (unpaired) electrons. The number of carboxylic acid groups (broad SMARTS) is 1. The number of carboxylic acids is 1. The van der Waals surface area contributed by atoms with Crippen molar-refractivity contribution in [3.8, 4) is 0 Å². The van der Waals surface area contributed by atoms with Crippen molar-refractivity contribution in [1.29, 1.82) is 0 Å². The van der Waals surface area contributed by atoms with E-state index in [1.165, 1.54) is 0 Å². The maximum atomic E-state index is 13.4. The lowest BCUT2D eigenvalue weighted by atomic mass is 9.93. The highest BCUT2D eigenvalue weighted by molar-refractivity contribution is 7.89. The summed E-state index contributed by atoms with van der Waals surface area (Å²) in [4.78, 5) is 30.1. The molecule has 11 nitrogen and oxygen atoms in total. The van der Waals surface area contributed by atoms with E-state index >= 15 is 0 Å². The number of benzene rings is 1. The predicted molar refractivity (Wildman–Crippen MR) is 133 cm³/mol. The molecule has 0 aromatic heterocycles. The van der Waals surface area contributed by atoms with Crippen LogP contribution in [0.25, 0.3) is 0 Å². The molecule has 3 rings (SSSR count). The number of nitrogens with one attached hydrogen (secondary N) is 2. The molecule has 1 saturated heterocycles. The molecular formula is C23H36N6O5S. The maximum Gasteiger partial charge on any atom is 0.303 e. The number of piperidine rings is 1. The van der Waals surface area contributed by atoms with Crippen molar-refractivity contribution in [2.45, 2.75) is 56.4 Å². The number of carbonyl (C=O) groups is 2. The molecule has 7 N–H and O–H groups in total. The molecule has 1 aromatic rings. The number of aliphatic carboxylic acids is 1. The molecule has 1 amide bonds. The molecule has 2 atom stereocenters. The highest BCUT2D eigenvalue weighted by atomic mass is 32.2. The van der Waals surface area contributed by atoms with E-state index in [1.807, 2.05) is 6.07 Å². The number of hydrogen-bond donors (Lipinski definition) is 5. The van der Waals surface area contributed by atoms with Crippen LogP contribution in [0.4, 0.5) is 5.69 Å². The summed E-state index contributed by atoms with van der Waals surface area (Å²) in [6.07, 6.45) is 2.62. The Morgan fingerprint density at radius 1 is 1.29 bits per heavy atom. The van der Waals surface area contributed by atoms with E-state index in [0.717, 1.165) is 12.0 Å². The minimum Gasteiger partial charge on any atom is -0.481 e. The monoisotopic (exact) mass is 508 g/mol. The quantitative estimate of drug-likeness (QED) is 0.174. The van der Waals surface area contributed by atoms with E-state index < -0.39 is 22.0 Å². The topological polar surface area (TPSA) is 180 Å². The van der Waals surface area contributed by atoms with Gasteiger partial charge < -0.3 is 26.8 Å². The Morgan fingerprint density at radius 2 is 2.00 bits per heavy atom. The zero-order chi connectivity index (χ0) is 25.6. The number of likely N-dealkylation sites (tertiary alicyclic amines) is 1.